The Morgan fingerprint density at radius 2 is 1.78 bits per heavy atom. The van der Waals surface area contributed by atoms with Crippen LogP contribution in [0.25, 0.3) is 0 Å². The molecule has 146 valence electrons. The fourth-order valence-electron chi connectivity index (χ4n) is 2.32. The van der Waals surface area contributed by atoms with Gasteiger partial charge in [-0.05, 0) is 25.1 Å². The summed E-state index contributed by atoms with van der Waals surface area (Å²) in [5.41, 5.74) is 3.97. The standard InChI is InChI=1S/C17H19Cl3N4O2S/c1-4-24(5-2)27(25,26)12-6-9-15(21-10-12)23-22-11(3)13-7-8-14(18)17(20)16(13)19/h6-10H,4-5H2,1-3H3,(H,21,23)/b22-11-. The van der Waals surface area contributed by atoms with Crippen molar-refractivity contribution < 1.29 is 8.42 Å². The molecule has 0 bridgehead atoms. The number of aromatic nitrogens is 1. The molecule has 0 atom stereocenters. The van der Waals surface area contributed by atoms with Crippen LogP contribution in [0.5, 0.6) is 0 Å². The second kappa shape index (κ2) is 9.21. The highest BCUT2D eigenvalue weighted by atomic mass is 35.5. The van der Waals surface area contributed by atoms with Gasteiger partial charge in [0.1, 0.15) is 10.7 Å². The van der Waals surface area contributed by atoms with Gasteiger partial charge in [0.15, 0.2) is 0 Å². The third kappa shape index (κ3) is 4.92. The first-order valence-electron chi connectivity index (χ1n) is 8.12. The number of benzene rings is 1. The molecule has 0 saturated heterocycles. The van der Waals surface area contributed by atoms with Crippen LogP contribution in [0.3, 0.4) is 0 Å². The van der Waals surface area contributed by atoms with Crippen LogP contribution in [-0.2, 0) is 10.0 Å². The van der Waals surface area contributed by atoms with Gasteiger partial charge >= 0.3 is 0 Å². The van der Waals surface area contributed by atoms with Crippen LogP contribution >= 0.6 is 34.8 Å². The lowest BCUT2D eigenvalue weighted by Gasteiger charge is -2.18. The first-order chi connectivity index (χ1) is 12.7. The van der Waals surface area contributed by atoms with Crippen LogP contribution < -0.4 is 5.43 Å². The lowest BCUT2D eigenvalue weighted by molar-refractivity contribution is 0.445. The molecule has 1 aromatic heterocycles. The number of nitrogens with one attached hydrogen (secondary N) is 1. The quantitative estimate of drug-likeness (QED) is 0.370. The lowest BCUT2D eigenvalue weighted by Crippen LogP contribution is -2.30. The van der Waals surface area contributed by atoms with Crippen molar-refractivity contribution in [3.8, 4) is 0 Å². The Balaban J connectivity index is 2.20. The summed E-state index contributed by atoms with van der Waals surface area (Å²) in [4.78, 5) is 4.24. The van der Waals surface area contributed by atoms with Crippen molar-refractivity contribution in [1.29, 1.82) is 0 Å². The summed E-state index contributed by atoms with van der Waals surface area (Å²) < 4.78 is 26.3. The monoisotopic (exact) mass is 448 g/mol. The number of pyridine rings is 1. The third-order valence-corrected chi connectivity index (χ3v) is 7.17. The highest BCUT2D eigenvalue weighted by Crippen LogP contribution is 2.33. The Bertz CT molecular complexity index is 943. The van der Waals surface area contributed by atoms with Crippen molar-refractivity contribution in [2.24, 2.45) is 5.10 Å². The zero-order valence-electron chi connectivity index (χ0n) is 15.0. The Kier molecular flexibility index (Phi) is 7.47. The first-order valence-corrected chi connectivity index (χ1v) is 10.7. The van der Waals surface area contributed by atoms with Crippen molar-refractivity contribution in [3.63, 3.8) is 0 Å². The van der Waals surface area contributed by atoms with Gasteiger partial charge in [-0.1, -0.05) is 54.7 Å². The van der Waals surface area contributed by atoms with E-state index in [1.54, 1.807) is 39.0 Å². The van der Waals surface area contributed by atoms with Crippen molar-refractivity contribution in [1.82, 2.24) is 9.29 Å². The molecular weight excluding hydrogens is 431 g/mol. The first kappa shape index (κ1) is 21.9. The number of halogens is 3. The molecule has 0 radical (unpaired) electrons. The molecule has 1 heterocycles. The SMILES string of the molecule is CCN(CC)S(=O)(=O)c1ccc(N/N=C(/C)c2ccc(Cl)c(Cl)c2Cl)nc1. The van der Waals surface area contributed by atoms with E-state index in [-0.39, 0.29) is 9.92 Å². The maximum absolute atomic E-state index is 12.5. The van der Waals surface area contributed by atoms with E-state index in [0.29, 0.717) is 40.2 Å². The minimum atomic E-state index is -3.54. The molecule has 0 saturated carbocycles. The fraction of sp³-hybridized carbons (Fsp3) is 0.294. The molecule has 0 spiro atoms. The van der Waals surface area contributed by atoms with Gasteiger partial charge in [0, 0.05) is 24.8 Å². The Labute approximate surface area is 174 Å². The van der Waals surface area contributed by atoms with E-state index in [9.17, 15) is 8.42 Å². The maximum Gasteiger partial charge on any atom is 0.244 e. The van der Waals surface area contributed by atoms with E-state index < -0.39 is 10.0 Å². The zero-order valence-corrected chi connectivity index (χ0v) is 18.1. The smallest absolute Gasteiger partial charge is 0.244 e. The number of rotatable bonds is 7. The Morgan fingerprint density at radius 1 is 1.11 bits per heavy atom. The van der Waals surface area contributed by atoms with E-state index in [4.69, 9.17) is 34.8 Å². The van der Waals surface area contributed by atoms with E-state index >= 15 is 0 Å². The van der Waals surface area contributed by atoms with Crippen LogP contribution in [0.1, 0.15) is 26.3 Å². The number of hydrazone groups is 1. The molecule has 1 N–H and O–H groups in total. The summed E-state index contributed by atoms with van der Waals surface area (Å²) in [6, 6.07) is 6.38. The molecule has 2 aromatic rings. The number of sulfonamides is 1. The van der Waals surface area contributed by atoms with Crippen LogP contribution in [0.4, 0.5) is 5.82 Å². The second-order valence-corrected chi connectivity index (χ2v) is 8.60. The summed E-state index contributed by atoms with van der Waals surface area (Å²) in [6.07, 6.45) is 1.30. The predicted molar refractivity (Wildman–Crippen MR) is 112 cm³/mol. The summed E-state index contributed by atoms with van der Waals surface area (Å²) in [7, 11) is -3.54. The largest absolute Gasteiger partial charge is 0.261 e. The second-order valence-electron chi connectivity index (χ2n) is 5.50. The molecular formula is C17H19Cl3N4O2S. The molecule has 0 amide bonds. The Morgan fingerprint density at radius 3 is 2.33 bits per heavy atom. The van der Waals surface area contributed by atoms with Gasteiger partial charge in [0.2, 0.25) is 10.0 Å². The molecule has 0 aliphatic carbocycles. The number of anilines is 1. The molecule has 0 aliphatic rings. The van der Waals surface area contributed by atoms with Crippen molar-refractivity contribution in [2.75, 3.05) is 18.5 Å². The maximum atomic E-state index is 12.5. The van der Waals surface area contributed by atoms with Gasteiger partial charge in [-0.2, -0.15) is 9.41 Å². The van der Waals surface area contributed by atoms with E-state index in [1.807, 2.05) is 0 Å². The van der Waals surface area contributed by atoms with Gasteiger partial charge in [-0.15, -0.1) is 0 Å². The minimum Gasteiger partial charge on any atom is -0.261 e. The third-order valence-electron chi connectivity index (χ3n) is 3.84. The number of hydrogen-bond acceptors (Lipinski definition) is 5. The van der Waals surface area contributed by atoms with Gasteiger partial charge in [-0.3, -0.25) is 5.43 Å². The Hall–Kier alpha value is -1.38. The summed E-state index contributed by atoms with van der Waals surface area (Å²) in [6.45, 7) is 6.11. The summed E-state index contributed by atoms with van der Waals surface area (Å²) in [5.74, 6) is 0.393. The molecule has 0 fully saturated rings. The van der Waals surface area contributed by atoms with Gasteiger partial charge in [0.25, 0.3) is 0 Å². The van der Waals surface area contributed by atoms with Crippen molar-refractivity contribution in [2.45, 2.75) is 25.7 Å². The minimum absolute atomic E-state index is 0.130. The van der Waals surface area contributed by atoms with Crippen LogP contribution in [0, 0.1) is 0 Å². The molecule has 10 heteroatoms. The van der Waals surface area contributed by atoms with Gasteiger partial charge < -0.3 is 0 Å². The van der Waals surface area contributed by atoms with E-state index in [0.717, 1.165) is 0 Å². The summed E-state index contributed by atoms with van der Waals surface area (Å²) in [5, 5.41) is 5.14. The fourth-order valence-corrected chi connectivity index (χ4v) is 4.39. The van der Waals surface area contributed by atoms with Crippen molar-refractivity contribution >= 4 is 56.4 Å². The lowest BCUT2D eigenvalue weighted by atomic mass is 10.1. The van der Waals surface area contributed by atoms with Crippen LogP contribution in [0.2, 0.25) is 15.1 Å². The van der Waals surface area contributed by atoms with Crippen molar-refractivity contribution in [3.05, 3.63) is 51.1 Å². The molecule has 6 nitrogen and oxygen atoms in total. The van der Waals surface area contributed by atoms with Crippen LogP contribution in [-0.4, -0.2) is 36.5 Å². The van der Waals surface area contributed by atoms with E-state index in [2.05, 4.69) is 15.5 Å². The van der Waals surface area contributed by atoms with Gasteiger partial charge in [-0.25, -0.2) is 13.4 Å². The molecule has 2 rings (SSSR count). The molecule has 0 aliphatic heterocycles. The van der Waals surface area contributed by atoms with Crippen LogP contribution in [0.15, 0.2) is 40.5 Å². The molecule has 1 aromatic carbocycles. The number of nitrogens with zero attached hydrogens (tertiary/aromatic N) is 3. The average molecular weight is 450 g/mol. The molecule has 0 unspecified atom stereocenters. The van der Waals surface area contributed by atoms with Gasteiger partial charge in [0.05, 0.1) is 20.8 Å². The topological polar surface area (TPSA) is 74.7 Å². The zero-order chi connectivity index (χ0) is 20.2. The average Bonchev–Trinajstić information content (AvgIpc) is 2.65. The molecule has 27 heavy (non-hydrogen) atoms. The number of hydrogen-bond donors (Lipinski definition) is 1. The summed E-state index contributed by atoms with van der Waals surface area (Å²) >= 11 is 18.2. The van der Waals surface area contributed by atoms with E-state index in [1.165, 1.54) is 16.6 Å². The predicted octanol–water partition coefficient (Wildman–Crippen LogP) is 4.91. The highest BCUT2D eigenvalue weighted by Gasteiger charge is 2.21. The highest BCUT2D eigenvalue weighted by molar-refractivity contribution is 7.89. The normalized spacial score (nSPS) is 12.5.